The molecule has 0 heterocycles. The van der Waals surface area contributed by atoms with Crippen LogP contribution in [0.5, 0.6) is 0 Å². The lowest BCUT2D eigenvalue weighted by molar-refractivity contribution is 0.0940. The largest absolute Gasteiger partial charge is 0.366 e. The van der Waals surface area contributed by atoms with E-state index in [1.807, 2.05) is 42.5 Å². The number of benzene rings is 2. The maximum absolute atomic E-state index is 12.3. The van der Waals surface area contributed by atoms with Crippen molar-refractivity contribution >= 4 is 11.5 Å². The number of hydrogen-bond acceptors (Lipinski definition) is 3. The van der Waals surface area contributed by atoms with Crippen molar-refractivity contribution in [3.8, 4) is 0 Å². The van der Waals surface area contributed by atoms with Crippen LogP contribution in [-0.2, 0) is 6.54 Å². The van der Waals surface area contributed by atoms with Gasteiger partial charge in [0.1, 0.15) is 0 Å². The van der Waals surface area contributed by atoms with Crippen molar-refractivity contribution in [3.63, 3.8) is 0 Å². The summed E-state index contributed by atoms with van der Waals surface area (Å²) in [5.74, 6) is 0.205. The van der Waals surface area contributed by atoms with E-state index >= 15 is 0 Å². The smallest absolute Gasteiger partial charge is 0.163 e. The Morgan fingerprint density at radius 3 is 2.17 bits per heavy atom. The number of carbonyl (C=O) groups is 1. The molecule has 0 aliphatic carbocycles. The maximum atomic E-state index is 12.3. The van der Waals surface area contributed by atoms with Gasteiger partial charge in [0.2, 0.25) is 0 Å². The molecule has 0 aliphatic heterocycles. The fourth-order valence-corrected chi connectivity index (χ4v) is 2.69. The molecule has 0 radical (unpaired) electrons. The summed E-state index contributed by atoms with van der Waals surface area (Å²) in [5, 5.41) is 0. The molecule has 0 saturated heterocycles. The Labute approximate surface area is 145 Å². The fourth-order valence-electron chi connectivity index (χ4n) is 2.69. The van der Waals surface area contributed by atoms with Crippen LogP contribution in [0.2, 0.25) is 0 Å². The van der Waals surface area contributed by atoms with Crippen molar-refractivity contribution in [3.05, 3.63) is 65.7 Å². The van der Waals surface area contributed by atoms with Gasteiger partial charge in [0.05, 0.1) is 0 Å². The van der Waals surface area contributed by atoms with E-state index < -0.39 is 0 Å². The van der Waals surface area contributed by atoms with Gasteiger partial charge in [0.25, 0.3) is 0 Å². The third-order valence-corrected chi connectivity index (χ3v) is 3.86. The van der Waals surface area contributed by atoms with Gasteiger partial charge >= 0.3 is 0 Å². The van der Waals surface area contributed by atoms with Crippen LogP contribution in [0.1, 0.15) is 43.1 Å². The molecule has 128 valence electrons. The van der Waals surface area contributed by atoms with E-state index in [9.17, 15) is 4.79 Å². The Morgan fingerprint density at radius 2 is 1.62 bits per heavy atom. The van der Waals surface area contributed by atoms with Gasteiger partial charge < -0.3 is 10.6 Å². The van der Waals surface area contributed by atoms with Gasteiger partial charge in [-0.1, -0.05) is 63.2 Å². The SMILES string of the molecule is CC(C)(C)CC(=O)c1ccc(CN(CCN)c2ccccc2)cc1. The molecular formula is C21H28N2O. The van der Waals surface area contributed by atoms with Gasteiger partial charge in [-0.3, -0.25) is 4.79 Å². The number of Topliss-reactive ketones (excluding diaryl/α,β-unsaturated/α-hetero) is 1. The molecule has 24 heavy (non-hydrogen) atoms. The van der Waals surface area contributed by atoms with Crippen molar-refractivity contribution in [1.82, 2.24) is 0 Å². The third kappa shape index (κ3) is 5.50. The first-order chi connectivity index (χ1) is 11.4. The van der Waals surface area contributed by atoms with E-state index in [0.717, 1.165) is 24.3 Å². The Hall–Kier alpha value is -2.13. The van der Waals surface area contributed by atoms with Crippen LogP contribution in [0.15, 0.2) is 54.6 Å². The molecule has 0 aromatic heterocycles. The second-order valence-electron chi connectivity index (χ2n) is 7.40. The molecule has 0 aliphatic rings. The average molecular weight is 324 g/mol. The van der Waals surface area contributed by atoms with Crippen molar-refractivity contribution in [2.24, 2.45) is 11.1 Å². The summed E-state index contributed by atoms with van der Waals surface area (Å²) in [5.41, 5.74) is 8.91. The summed E-state index contributed by atoms with van der Waals surface area (Å²) in [6.45, 7) is 8.46. The molecule has 0 spiro atoms. The number of para-hydroxylation sites is 1. The van der Waals surface area contributed by atoms with E-state index in [4.69, 9.17) is 5.73 Å². The number of hydrogen-bond donors (Lipinski definition) is 1. The lowest BCUT2D eigenvalue weighted by Gasteiger charge is -2.24. The van der Waals surface area contributed by atoms with Crippen LogP contribution in [0.4, 0.5) is 5.69 Å². The molecule has 2 aromatic carbocycles. The minimum absolute atomic E-state index is 0.0149. The summed E-state index contributed by atoms with van der Waals surface area (Å²) in [4.78, 5) is 14.5. The third-order valence-electron chi connectivity index (χ3n) is 3.86. The van der Waals surface area contributed by atoms with E-state index in [1.54, 1.807) is 0 Å². The quantitative estimate of drug-likeness (QED) is 0.774. The minimum Gasteiger partial charge on any atom is -0.366 e. The van der Waals surface area contributed by atoms with Crippen LogP contribution in [0, 0.1) is 5.41 Å². The minimum atomic E-state index is 0.0149. The number of nitrogens with zero attached hydrogens (tertiary/aromatic N) is 1. The average Bonchev–Trinajstić information content (AvgIpc) is 2.54. The second kappa shape index (κ2) is 8.11. The zero-order chi connectivity index (χ0) is 17.6. The van der Waals surface area contributed by atoms with Crippen LogP contribution >= 0.6 is 0 Å². The maximum Gasteiger partial charge on any atom is 0.163 e. The lowest BCUT2D eigenvalue weighted by atomic mass is 9.88. The topological polar surface area (TPSA) is 46.3 Å². The van der Waals surface area contributed by atoms with Crippen molar-refractivity contribution in [2.45, 2.75) is 33.7 Å². The van der Waals surface area contributed by atoms with Crippen LogP contribution in [0.25, 0.3) is 0 Å². The Morgan fingerprint density at radius 1 is 1.00 bits per heavy atom. The molecular weight excluding hydrogens is 296 g/mol. The Bertz CT molecular complexity index is 642. The molecule has 0 fully saturated rings. The van der Waals surface area contributed by atoms with Crippen molar-refractivity contribution < 1.29 is 4.79 Å². The fraction of sp³-hybridized carbons (Fsp3) is 0.381. The van der Waals surface area contributed by atoms with Crippen LogP contribution in [0.3, 0.4) is 0 Å². The highest BCUT2D eigenvalue weighted by molar-refractivity contribution is 5.96. The van der Waals surface area contributed by atoms with E-state index in [-0.39, 0.29) is 11.2 Å². The molecule has 2 aromatic rings. The summed E-state index contributed by atoms with van der Waals surface area (Å²) >= 11 is 0. The number of rotatable bonds is 7. The molecule has 0 saturated carbocycles. The van der Waals surface area contributed by atoms with Crippen LogP contribution < -0.4 is 10.6 Å². The highest BCUT2D eigenvalue weighted by atomic mass is 16.1. The number of nitrogens with two attached hydrogens (primary N) is 1. The number of anilines is 1. The van der Waals surface area contributed by atoms with Crippen LogP contribution in [-0.4, -0.2) is 18.9 Å². The first-order valence-corrected chi connectivity index (χ1v) is 8.51. The summed E-state index contributed by atoms with van der Waals surface area (Å²) in [6, 6.07) is 18.2. The highest BCUT2D eigenvalue weighted by Gasteiger charge is 2.17. The predicted octanol–water partition coefficient (Wildman–Crippen LogP) is 4.27. The molecule has 2 N–H and O–H groups in total. The predicted molar refractivity (Wildman–Crippen MR) is 101 cm³/mol. The van der Waals surface area contributed by atoms with Gasteiger partial charge in [-0.25, -0.2) is 0 Å². The molecule has 0 bridgehead atoms. The van der Waals surface area contributed by atoms with Gasteiger partial charge in [-0.15, -0.1) is 0 Å². The number of ketones is 1. The van der Waals surface area contributed by atoms with E-state index in [1.165, 1.54) is 5.56 Å². The zero-order valence-electron chi connectivity index (χ0n) is 15.0. The first kappa shape index (κ1) is 18.2. The standard InChI is InChI=1S/C21H28N2O/c1-21(2,3)15-20(24)18-11-9-17(10-12-18)16-23(14-13-22)19-7-5-4-6-8-19/h4-12H,13-16,22H2,1-3H3. The summed E-state index contributed by atoms with van der Waals surface area (Å²) < 4.78 is 0. The Balaban J connectivity index is 2.08. The normalized spacial score (nSPS) is 11.3. The van der Waals surface area contributed by atoms with Gasteiger partial charge in [0, 0.05) is 37.3 Å². The van der Waals surface area contributed by atoms with Gasteiger partial charge in [0.15, 0.2) is 5.78 Å². The first-order valence-electron chi connectivity index (χ1n) is 8.51. The monoisotopic (exact) mass is 324 g/mol. The lowest BCUT2D eigenvalue weighted by Crippen LogP contribution is -2.28. The molecule has 2 rings (SSSR count). The summed E-state index contributed by atoms with van der Waals surface area (Å²) in [6.07, 6.45) is 0.565. The highest BCUT2D eigenvalue weighted by Crippen LogP contribution is 2.22. The van der Waals surface area contributed by atoms with Gasteiger partial charge in [-0.05, 0) is 23.1 Å². The molecule has 0 unspecified atom stereocenters. The molecule has 3 nitrogen and oxygen atoms in total. The zero-order valence-corrected chi connectivity index (χ0v) is 15.0. The Kier molecular flexibility index (Phi) is 6.16. The second-order valence-corrected chi connectivity index (χ2v) is 7.40. The van der Waals surface area contributed by atoms with Gasteiger partial charge in [-0.2, -0.15) is 0 Å². The van der Waals surface area contributed by atoms with Crippen molar-refractivity contribution in [2.75, 3.05) is 18.0 Å². The van der Waals surface area contributed by atoms with Crippen molar-refractivity contribution in [1.29, 1.82) is 0 Å². The summed E-state index contributed by atoms with van der Waals surface area (Å²) in [7, 11) is 0. The molecule has 0 atom stereocenters. The molecule has 3 heteroatoms. The molecule has 0 amide bonds. The number of carbonyl (C=O) groups excluding carboxylic acids is 1. The van der Waals surface area contributed by atoms with E-state index in [2.05, 4.69) is 37.8 Å². The van der Waals surface area contributed by atoms with E-state index in [0.29, 0.717) is 13.0 Å².